The Balaban J connectivity index is 2.64. The van der Waals surface area contributed by atoms with Crippen molar-refractivity contribution in [3.63, 3.8) is 0 Å². The van der Waals surface area contributed by atoms with E-state index < -0.39 is 0 Å². The van der Waals surface area contributed by atoms with Crippen LogP contribution in [0.4, 0.5) is 0 Å². The van der Waals surface area contributed by atoms with Crippen molar-refractivity contribution in [1.29, 1.82) is 0 Å². The SMILES string of the molecule is CCCCC(Cc1ccc(OC)c(Br)c1)NCC. The molecule has 0 heterocycles. The third kappa shape index (κ3) is 4.99. The Kier molecular flexibility index (Phi) is 7.36. The highest BCUT2D eigenvalue weighted by Gasteiger charge is 2.09. The minimum absolute atomic E-state index is 0.579. The average molecular weight is 314 g/mol. The average Bonchev–Trinajstić information content (AvgIpc) is 2.36. The Labute approximate surface area is 119 Å². The number of ether oxygens (including phenoxy) is 1. The molecule has 1 unspecified atom stereocenters. The fourth-order valence-electron chi connectivity index (χ4n) is 2.14. The monoisotopic (exact) mass is 313 g/mol. The lowest BCUT2D eigenvalue weighted by molar-refractivity contribution is 0.411. The maximum atomic E-state index is 5.25. The molecule has 0 aliphatic heterocycles. The summed E-state index contributed by atoms with van der Waals surface area (Å²) in [7, 11) is 1.70. The van der Waals surface area contributed by atoms with E-state index in [1.807, 2.05) is 6.07 Å². The minimum atomic E-state index is 0.579. The largest absolute Gasteiger partial charge is 0.496 e. The lowest BCUT2D eigenvalue weighted by Crippen LogP contribution is -2.30. The van der Waals surface area contributed by atoms with Gasteiger partial charge in [-0.1, -0.05) is 32.8 Å². The Morgan fingerprint density at radius 1 is 1.33 bits per heavy atom. The summed E-state index contributed by atoms with van der Waals surface area (Å²) >= 11 is 3.54. The fourth-order valence-corrected chi connectivity index (χ4v) is 2.72. The number of methoxy groups -OCH3 is 1. The summed E-state index contributed by atoms with van der Waals surface area (Å²) in [5.74, 6) is 0.896. The molecule has 0 amide bonds. The Morgan fingerprint density at radius 2 is 2.11 bits per heavy atom. The van der Waals surface area contributed by atoms with E-state index in [9.17, 15) is 0 Å². The normalized spacial score (nSPS) is 12.4. The lowest BCUT2D eigenvalue weighted by atomic mass is 10.0. The Bertz CT molecular complexity index is 354. The van der Waals surface area contributed by atoms with E-state index in [0.717, 1.165) is 23.2 Å². The second-order valence-corrected chi connectivity index (χ2v) is 5.42. The van der Waals surface area contributed by atoms with Crippen molar-refractivity contribution in [3.05, 3.63) is 28.2 Å². The number of hydrogen-bond donors (Lipinski definition) is 1. The van der Waals surface area contributed by atoms with Gasteiger partial charge in [0.1, 0.15) is 5.75 Å². The van der Waals surface area contributed by atoms with Gasteiger partial charge < -0.3 is 10.1 Å². The van der Waals surface area contributed by atoms with Gasteiger partial charge in [0.25, 0.3) is 0 Å². The van der Waals surface area contributed by atoms with Gasteiger partial charge in [0.05, 0.1) is 11.6 Å². The maximum Gasteiger partial charge on any atom is 0.133 e. The lowest BCUT2D eigenvalue weighted by Gasteiger charge is -2.18. The van der Waals surface area contributed by atoms with Crippen LogP contribution < -0.4 is 10.1 Å². The summed E-state index contributed by atoms with van der Waals surface area (Å²) in [6.07, 6.45) is 4.87. The number of nitrogens with one attached hydrogen (secondary N) is 1. The molecular weight excluding hydrogens is 290 g/mol. The van der Waals surface area contributed by atoms with Crippen molar-refractivity contribution in [2.24, 2.45) is 0 Å². The highest BCUT2D eigenvalue weighted by Crippen LogP contribution is 2.26. The molecule has 0 fully saturated rings. The van der Waals surface area contributed by atoms with Crippen molar-refractivity contribution < 1.29 is 4.74 Å². The molecule has 1 rings (SSSR count). The van der Waals surface area contributed by atoms with Crippen LogP contribution in [-0.2, 0) is 6.42 Å². The third-order valence-corrected chi connectivity index (χ3v) is 3.72. The standard InChI is InChI=1S/C15H24BrNO/c1-4-6-7-13(17-5-2)10-12-8-9-15(18-3)14(16)11-12/h8-9,11,13,17H,4-7,10H2,1-3H3. The second-order valence-electron chi connectivity index (χ2n) is 4.57. The first-order valence-corrected chi connectivity index (χ1v) is 7.56. The second kappa shape index (κ2) is 8.54. The van der Waals surface area contributed by atoms with Crippen LogP contribution in [0.25, 0.3) is 0 Å². The number of unbranched alkanes of at least 4 members (excludes halogenated alkanes) is 1. The molecule has 0 bridgehead atoms. The molecule has 18 heavy (non-hydrogen) atoms. The topological polar surface area (TPSA) is 21.3 Å². The first-order valence-electron chi connectivity index (χ1n) is 6.77. The highest BCUT2D eigenvalue weighted by molar-refractivity contribution is 9.10. The highest BCUT2D eigenvalue weighted by atomic mass is 79.9. The summed E-state index contributed by atoms with van der Waals surface area (Å²) in [6.45, 7) is 5.45. The van der Waals surface area contributed by atoms with E-state index >= 15 is 0 Å². The third-order valence-electron chi connectivity index (χ3n) is 3.10. The molecule has 1 aromatic carbocycles. The Morgan fingerprint density at radius 3 is 2.67 bits per heavy atom. The van der Waals surface area contributed by atoms with E-state index in [4.69, 9.17) is 4.74 Å². The smallest absolute Gasteiger partial charge is 0.133 e. The molecule has 0 aliphatic carbocycles. The minimum Gasteiger partial charge on any atom is -0.496 e. The van der Waals surface area contributed by atoms with Crippen LogP contribution in [0.3, 0.4) is 0 Å². The predicted molar refractivity (Wildman–Crippen MR) is 81.4 cm³/mol. The summed E-state index contributed by atoms with van der Waals surface area (Å²) in [4.78, 5) is 0. The van der Waals surface area contributed by atoms with Gasteiger partial charge in [0.2, 0.25) is 0 Å². The van der Waals surface area contributed by atoms with Crippen LogP contribution in [0.15, 0.2) is 22.7 Å². The molecule has 0 radical (unpaired) electrons. The zero-order chi connectivity index (χ0) is 13.4. The molecule has 0 aliphatic rings. The molecule has 0 saturated carbocycles. The van der Waals surface area contributed by atoms with Crippen molar-refractivity contribution in [2.75, 3.05) is 13.7 Å². The first kappa shape index (κ1) is 15.5. The number of hydrogen-bond acceptors (Lipinski definition) is 2. The summed E-state index contributed by atoms with van der Waals surface area (Å²) in [5.41, 5.74) is 1.35. The van der Waals surface area contributed by atoms with Gasteiger partial charge in [-0.05, 0) is 53.0 Å². The number of halogens is 1. The van der Waals surface area contributed by atoms with Crippen LogP contribution >= 0.6 is 15.9 Å². The van der Waals surface area contributed by atoms with Gasteiger partial charge in [-0.3, -0.25) is 0 Å². The van der Waals surface area contributed by atoms with E-state index in [1.54, 1.807) is 7.11 Å². The molecule has 1 N–H and O–H groups in total. The molecule has 0 aromatic heterocycles. The number of benzene rings is 1. The molecule has 0 saturated heterocycles. The van der Waals surface area contributed by atoms with Crippen LogP contribution in [0.1, 0.15) is 38.7 Å². The van der Waals surface area contributed by atoms with Gasteiger partial charge in [0, 0.05) is 6.04 Å². The molecule has 2 nitrogen and oxygen atoms in total. The van der Waals surface area contributed by atoms with Crippen molar-refractivity contribution >= 4 is 15.9 Å². The molecule has 102 valence electrons. The fraction of sp³-hybridized carbons (Fsp3) is 0.600. The zero-order valence-electron chi connectivity index (χ0n) is 11.6. The van der Waals surface area contributed by atoms with E-state index in [1.165, 1.54) is 24.8 Å². The van der Waals surface area contributed by atoms with Gasteiger partial charge >= 0.3 is 0 Å². The number of likely N-dealkylation sites (N-methyl/N-ethyl adjacent to an activating group) is 1. The predicted octanol–water partition coefficient (Wildman–Crippen LogP) is 4.17. The Hall–Kier alpha value is -0.540. The van der Waals surface area contributed by atoms with Gasteiger partial charge in [-0.25, -0.2) is 0 Å². The van der Waals surface area contributed by atoms with Crippen molar-refractivity contribution in [3.8, 4) is 5.75 Å². The number of rotatable bonds is 8. The quantitative estimate of drug-likeness (QED) is 0.777. The maximum absolute atomic E-state index is 5.25. The van der Waals surface area contributed by atoms with E-state index in [0.29, 0.717) is 6.04 Å². The van der Waals surface area contributed by atoms with Gasteiger partial charge in [-0.15, -0.1) is 0 Å². The van der Waals surface area contributed by atoms with Crippen LogP contribution in [0.5, 0.6) is 5.75 Å². The van der Waals surface area contributed by atoms with Gasteiger partial charge in [0.15, 0.2) is 0 Å². The van der Waals surface area contributed by atoms with Crippen LogP contribution in [0, 0.1) is 0 Å². The zero-order valence-corrected chi connectivity index (χ0v) is 13.2. The molecular formula is C15H24BrNO. The van der Waals surface area contributed by atoms with E-state index in [-0.39, 0.29) is 0 Å². The summed E-state index contributed by atoms with van der Waals surface area (Å²) in [6, 6.07) is 6.92. The molecule has 1 aromatic rings. The van der Waals surface area contributed by atoms with Crippen LogP contribution in [0.2, 0.25) is 0 Å². The summed E-state index contributed by atoms with van der Waals surface area (Å²) in [5, 5.41) is 3.57. The molecule has 0 spiro atoms. The molecule has 1 atom stereocenters. The van der Waals surface area contributed by atoms with Gasteiger partial charge in [-0.2, -0.15) is 0 Å². The van der Waals surface area contributed by atoms with Crippen molar-refractivity contribution in [2.45, 2.75) is 45.6 Å². The first-order chi connectivity index (χ1) is 8.71. The van der Waals surface area contributed by atoms with Crippen LogP contribution in [-0.4, -0.2) is 19.7 Å². The summed E-state index contributed by atoms with van der Waals surface area (Å²) < 4.78 is 6.29. The van der Waals surface area contributed by atoms with Crippen molar-refractivity contribution in [1.82, 2.24) is 5.32 Å². The molecule has 3 heteroatoms. The van der Waals surface area contributed by atoms with E-state index in [2.05, 4.69) is 47.2 Å².